The number of carbonyl (C=O) groups excluding carboxylic acids is 2. The molecule has 1 aromatic carbocycles. The number of hydrogen-bond donors (Lipinski definition) is 2. The minimum Gasteiger partial charge on any atom is -0.351 e. The molecule has 3 heterocycles. The quantitative estimate of drug-likeness (QED) is 0.703. The van der Waals surface area contributed by atoms with Gasteiger partial charge in [0.1, 0.15) is 11.7 Å². The molecular formula is C19H18F3N5O2. The first kappa shape index (κ1) is 19.0. The van der Waals surface area contributed by atoms with Gasteiger partial charge in [-0.1, -0.05) is 18.2 Å². The number of aromatic amines is 1. The van der Waals surface area contributed by atoms with E-state index < -0.39 is 18.1 Å². The van der Waals surface area contributed by atoms with Crippen LogP contribution in [0, 0.1) is 0 Å². The summed E-state index contributed by atoms with van der Waals surface area (Å²) < 4.78 is 39.8. The van der Waals surface area contributed by atoms with Crippen LogP contribution in [-0.4, -0.2) is 50.2 Å². The number of carbonyl (C=O) groups is 2. The Hall–Kier alpha value is -3.30. The fourth-order valence-corrected chi connectivity index (χ4v) is 3.32. The zero-order valence-electron chi connectivity index (χ0n) is 15.5. The van der Waals surface area contributed by atoms with E-state index >= 15 is 0 Å². The summed E-state index contributed by atoms with van der Waals surface area (Å²) in [5.74, 6) is -1.11. The molecule has 4 rings (SSSR count). The summed E-state index contributed by atoms with van der Waals surface area (Å²) in [6, 6.07) is 7.25. The maximum absolute atomic E-state index is 12.9. The molecule has 29 heavy (non-hydrogen) atoms. The molecule has 0 radical (unpaired) electrons. The average Bonchev–Trinajstić information content (AvgIpc) is 3.30. The minimum atomic E-state index is -4.54. The fraction of sp³-hybridized carbons (Fsp3) is 0.316. The Kier molecular flexibility index (Phi) is 4.56. The highest BCUT2D eigenvalue weighted by atomic mass is 19.4. The van der Waals surface area contributed by atoms with Gasteiger partial charge in [0.15, 0.2) is 0 Å². The summed E-state index contributed by atoms with van der Waals surface area (Å²) in [5, 5.41) is 6.92. The summed E-state index contributed by atoms with van der Waals surface area (Å²) in [6.45, 7) is 1.68. The van der Waals surface area contributed by atoms with Crippen molar-refractivity contribution in [3.05, 3.63) is 53.5 Å². The lowest BCUT2D eigenvalue weighted by molar-refractivity contribution is -0.149. The number of hydrogen-bond acceptors (Lipinski definition) is 3. The van der Waals surface area contributed by atoms with E-state index in [1.807, 2.05) is 29.6 Å². The smallest absolute Gasteiger partial charge is 0.351 e. The van der Waals surface area contributed by atoms with Crippen LogP contribution in [0.5, 0.6) is 0 Å². The molecule has 2 N–H and O–H groups in total. The van der Waals surface area contributed by atoms with E-state index in [2.05, 4.69) is 10.1 Å². The molecule has 0 bridgehead atoms. The second-order valence-corrected chi connectivity index (χ2v) is 6.96. The average molecular weight is 405 g/mol. The number of halogens is 3. The lowest BCUT2D eigenvalue weighted by atomic mass is 10.1. The maximum Gasteiger partial charge on any atom is 0.408 e. The molecule has 1 unspecified atom stereocenters. The fourth-order valence-electron chi connectivity index (χ4n) is 3.32. The van der Waals surface area contributed by atoms with E-state index in [-0.39, 0.29) is 18.0 Å². The molecule has 0 aliphatic carbocycles. The van der Waals surface area contributed by atoms with E-state index in [0.29, 0.717) is 24.5 Å². The van der Waals surface area contributed by atoms with Gasteiger partial charge in [-0.15, -0.1) is 0 Å². The van der Waals surface area contributed by atoms with E-state index in [9.17, 15) is 22.8 Å². The Morgan fingerprint density at radius 1 is 1.24 bits per heavy atom. The van der Waals surface area contributed by atoms with Gasteiger partial charge in [-0.25, -0.2) is 0 Å². The summed E-state index contributed by atoms with van der Waals surface area (Å²) in [7, 11) is 0. The van der Waals surface area contributed by atoms with Crippen molar-refractivity contribution in [2.75, 3.05) is 6.54 Å². The Balaban J connectivity index is 1.54. The third-order valence-corrected chi connectivity index (χ3v) is 5.00. The summed E-state index contributed by atoms with van der Waals surface area (Å²) in [4.78, 5) is 29.9. The van der Waals surface area contributed by atoms with Crippen molar-refractivity contribution in [1.82, 2.24) is 25.0 Å². The number of amides is 2. The van der Waals surface area contributed by atoms with Crippen molar-refractivity contribution < 1.29 is 22.8 Å². The van der Waals surface area contributed by atoms with Crippen molar-refractivity contribution >= 4 is 22.7 Å². The lowest BCUT2D eigenvalue weighted by Crippen LogP contribution is -2.44. The van der Waals surface area contributed by atoms with Crippen molar-refractivity contribution in [1.29, 1.82) is 0 Å². The molecule has 0 saturated carbocycles. The Morgan fingerprint density at radius 2 is 2.00 bits per heavy atom. The Labute approximate surface area is 163 Å². The highest BCUT2D eigenvalue weighted by Gasteiger charge is 2.38. The van der Waals surface area contributed by atoms with Gasteiger partial charge < -0.3 is 15.2 Å². The SMILES string of the molecule is CC(NC(=O)c1cnn2c1CN(C(=O)c1cc3ccccc3[nH]1)CC2)C(F)(F)F. The van der Waals surface area contributed by atoms with Crippen molar-refractivity contribution in [3.63, 3.8) is 0 Å². The Morgan fingerprint density at radius 3 is 2.72 bits per heavy atom. The first-order chi connectivity index (χ1) is 13.7. The summed E-state index contributed by atoms with van der Waals surface area (Å²) in [6.07, 6.45) is -3.30. The molecular weight excluding hydrogens is 387 g/mol. The van der Waals surface area contributed by atoms with E-state index in [4.69, 9.17) is 0 Å². The number of nitrogens with one attached hydrogen (secondary N) is 2. The number of para-hydroxylation sites is 1. The second-order valence-electron chi connectivity index (χ2n) is 6.96. The largest absolute Gasteiger partial charge is 0.408 e. The third-order valence-electron chi connectivity index (χ3n) is 5.00. The molecule has 10 heteroatoms. The summed E-state index contributed by atoms with van der Waals surface area (Å²) >= 11 is 0. The zero-order chi connectivity index (χ0) is 20.8. The molecule has 3 aromatic rings. The van der Waals surface area contributed by atoms with Crippen molar-refractivity contribution in [2.45, 2.75) is 32.2 Å². The highest BCUT2D eigenvalue weighted by Crippen LogP contribution is 2.23. The van der Waals surface area contributed by atoms with Gasteiger partial charge >= 0.3 is 6.18 Å². The molecule has 0 spiro atoms. The minimum absolute atomic E-state index is 0.0373. The van der Waals surface area contributed by atoms with Crippen LogP contribution < -0.4 is 5.32 Å². The number of aromatic nitrogens is 3. The predicted octanol–water partition coefficient (Wildman–Crippen LogP) is 2.70. The monoisotopic (exact) mass is 405 g/mol. The van der Waals surface area contributed by atoms with Gasteiger partial charge in [0.2, 0.25) is 0 Å². The van der Waals surface area contributed by atoms with Gasteiger partial charge in [-0.05, 0) is 19.1 Å². The first-order valence-electron chi connectivity index (χ1n) is 9.03. The maximum atomic E-state index is 12.9. The highest BCUT2D eigenvalue weighted by molar-refractivity contribution is 5.98. The molecule has 152 valence electrons. The van der Waals surface area contributed by atoms with Crippen molar-refractivity contribution in [2.24, 2.45) is 0 Å². The number of nitrogens with zero attached hydrogens (tertiary/aromatic N) is 3. The normalized spacial score (nSPS) is 15.2. The van der Waals surface area contributed by atoms with Gasteiger partial charge in [-0.2, -0.15) is 18.3 Å². The van der Waals surface area contributed by atoms with E-state index in [0.717, 1.165) is 17.8 Å². The number of rotatable bonds is 3. The molecule has 0 fully saturated rings. The lowest BCUT2D eigenvalue weighted by Gasteiger charge is -2.28. The van der Waals surface area contributed by atoms with Crippen LogP contribution in [0.15, 0.2) is 36.5 Å². The van der Waals surface area contributed by atoms with E-state index in [1.165, 1.54) is 6.20 Å². The standard InChI is InChI=1S/C19H18F3N5O2/c1-11(19(20,21)22)24-17(28)13-9-23-27-7-6-26(10-16(13)27)18(29)15-8-12-4-2-3-5-14(12)25-15/h2-5,8-9,11,25H,6-7,10H2,1H3,(H,24,28). The van der Waals surface area contributed by atoms with Crippen LogP contribution >= 0.6 is 0 Å². The molecule has 1 aliphatic rings. The van der Waals surface area contributed by atoms with Crippen LogP contribution in [-0.2, 0) is 13.1 Å². The molecule has 2 amide bonds. The number of alkyl halides is 3. The van der Waals surface area contributed by atoms with Crippen LogP contribution in [0.4, 0.5) is 13.2 Å². The Bertz CT molecular complexity index is 1050. The van der Waals surface area contributed by atoms with Crippen LogP contribution in [0.25, 0.3) is 10.9 Å². The zero-order valence-corrected chi connectivity index (χ0v) is 15.5. The molecule has 1 aliphatic heterocycles. The molecule has 7 nitrogen and oxygen atoms in total. The van der Waals surface area contributed by atoms with Crippen LogP contribution in [0.1, 0.15) is 33.5 Å². The van der Waals surface area contributed by atoms with E-state index in [1.54, 1.807) is 15.6 Å². The van der Waals surface area contributed by atoms with Gasteiger partial charge in [-0.3, -0.25) is 14.3 Å². The predicted molar refractivity (Wildman–Crippen MR) is 98.2 cm³/mol. The van der Waals surface area contributed by atoms with Crippen LogP contribution in [0.2, 0.25) is 0 Å². The molecule has 0 saturated heterocycles. The van der Waals surface area contributed by atoms with Crippen LogP contribution in [0.3, 0.4) is 0 Å². The van der Waals surface area contributed by atoms with Gasteiger partial charge in [0, 0.05) is 17.4 Å². The van der Waals surface area contributed by atoms with Gasteiger partial charge in [0.05, 0.1) is 30.5 Å². The number of fused-ring (bicyclic) bond motifs is 2. The first-order valence-corrected chi connectivity index (χ1v) is 9.03. The molecule has 2 aromatic heterocycles. The molecule has 1 atom stereocenters. The summed E-state index contributed by atoms with van der Waals surface area (Å²) in [5.41, 5.74) is 1.69. The van der Waals surface area contributed by atoms with Crippen molar-refractivity contribution in [3.8, 4) is 0 Å². The van der Waals surface area contributed by atoms with Gasteiger partial charge in [0.25, 0.3) is 11.8 Å². The topological polar surface area (TPSA) is 83.0 Å². The third kappa shape index (κ3) is 3.57. The number of H-pyrrole nitrogens is 1. The second kappa shape index (κ2) is 6.94. The number of benzene rings is 1.